The molecule has 6 nitrogen and oxygen atoms in total. The third-order valence-corrected chi connectivity index (χ3v) is 5.99. The molecule has 0 amide bonds. The van der Waals surface area contributed by atoms with Gasteiger partial charge >= 0.3 is 0 Å². The minimum absolute atomic E-state index is 0.617. The van der Waals surface area contributed by atoms with Crippen LogP contribution in [0.1, 0.15) is 38.5 Å². The van der Waals surface area contributed by atoms with E-state index in [4.69, 9.17) is 9.15 Å². The first-order valence-corrected chi connectivity index (χ1v) is 13.2. The fourth-order valence-corrected chi connectivity index (χ4v) is 3.77. The number of rotatable bonds is 13. The van der Waals surface area contributed by atoms with Crippen LogP contribution in [-0.2, 0) is 5.75 Å². The van der Waals surface area contributed by atoms with E-state index in [2.05, 4.69) is 65.4 Å². The van der Waals surface area contributed by atoms with Gasteiger partial charge in [0.05, 0.1) is 12.4 Å². The third-order valence-electron chi connectivity index (χ3n) is 5.09. The zero-order valence-electron chi connectivity index (χ0n) is 21.4. The summed E-state index contributed by atoms with van der Waals surface area (Å²) >= 11 is 1.73. The van der Waals surface area contributed by atoms with Gasteiger partial charge in [-0.15, -0.1) is 22.0 Å². The largest absolute Gasteiger partial charge is 0.493 e. The van der Waals surface area contributed by atoms with E-state index in [0.29, 0.717) is 24.1 Å². The molecule has 0 N–H and O–H groups in total. The standard InChI is InChI=1S/C25H34N4O2S.C2H6/c1-28(2)16-17-29(3)15-14-21-8-7-9-22(13-12-21)25-27-26-24(31-25)20-32-19-18-30-23-10-5-4-6-11-23;1-2/h4-8,10-13H,9,14-20H2,1-3H3;1-2H3. The molecule has 0 atom stereocenters. The van der Waals surface area contributed by atoms with Crippen molar-refractivity contribution in [3.05, 3.63) is 72.0 Å². The topological polar surface area (TPSA) is 54.6 Å². The monoisotopic (exact) mass is 484 g/mol. The van der Waals surface area contributed by atoms with Crippen LogP contribution in [0.25, 0.3) is 5.57 Å². The minimum Gasteiger partial charge on any atom is -0.493 e. The van der Waals surface area contributed by atoms with Gasteiger partial charge in [-0.05, 0) is 51.7 Å². The second kappa shape index (κ2) is 16.3. The van der Waals surface area contributed by atoms with Gasteiger partial charge in [0, 0.05) is 31.0 Å². The van der Waals surface area contributed by atoms with Crippen molar-refractivity contribution < 1.29 is 9.15 Å². The molecule has 7 heteroatoms. The lowest BCUT2D eigenvalue weighted by Gasteiger charge is -2.19. The first kappa shape index (κ1) is 27.9. The highest BCUT2D eigenvalue weighted by Crippen LogP contribution is 2.23. The Bertz CT molecular complexity index is 906. The number of aromatic nitrogens is 2. The molecule has 0 saturated carbocycles. The summed E-state index contributed by atoms with van der Waals surface area (Å²) in [7, 11) is 6.40. The number of likely N-dealkylation sites (N-methyl/N-ethyl adjacent to an activating group) is 2. The highest BCUT2D eigenvalue weighted by atomic mass is 32.2. The number of ether oxygens (including phenoxy) is 1. The Balaban J connectivity index is 0.00000199. The average Bonchev–Trinajstić information content (AvgIpc) is 3.20. The molecular formula is C27H40N4O2S. The van der Waals surface area contributed by atoms with E-state index < -0.39 is 0 Å². The van der Waals surface area contributed by atoms with Crippen LogP contribution in [0.3, 0.4) is 0 Å². The van der Waals surface area contributed by atoms with Crippen LogP contribution in [0.2, 0.25) is 0 Å². The summed E-state index contributed by atoms with van der Waals surface area (Å²) in [6, 6.07) is 9.86. The van der Waals surface area contributed by atoms with E-state index in [1.807, 2.05) is 44.2 Å². The molecule has 0 unspecified atom stereocenters. The number of nitrogens with zero attached hydrogens (tertiary/aromatic N) is 4. The summed E-state index contributed by atoms with van der Waals surface area (Å²) in [6.07, 6.45) is 10.5. The van der Waals surface area contributed by atoms with Gasteiger partial charge in [-0.1, -0.05) is 56.4 Å². The first-order chi connectivity index (χ1) is 16.6. The summed E-state index contributed by atoms with van der Waals surface area (Å²) in [5.74, 6) is 3.73. The number of hydrogen-bond acceptors (Lipinski definition) is 7. The maximum atomic E-state index is 5.90. The van der Waals surface area contributed by atoms with Gasteiger partial charge < -0.3 is 19.0 Å². The van der Waals surface area contributed by atoms with E-state index in [-0.39, 0.29) is 0 Å². The Morgan fingerprint density at radius 2 is 1.79 bits per heavy atom. The van der Waals surface area contributed by atoms with Crippen LogP contribution in [0.5, 0.6) is 5.75 Å². The Morgan fingerprint density at radius 1 is 1.00 bits per heavy atom. The molecule has 0 aliphatic heterocycles. The Labute approximate surface area is 209 Å². The number of thioether (sulfide) groups is 1. The third kappa shape index (κ3) is 10.7. The summed E-state index contributed by atoms with van der Waals surface area (Å²) in [6.45, 7) is 7.85. The molecular weight excluding hydrogens is 444 g/mol. The molecule has 186 valence electrons. The smallest absolute Gasteiger partial charge is 0.244 e. The second-order valence-electron chi connectivity index (χ2n) is 8.11. The van der Waals surface area contributed by atoms with Crippen LogP contribution in [0, 0.1) is 0 Å². The minimum atomic E-state index is 0.617. The number of allylic oxidation sites excluding steroid dienone is 5. The molecule has 1 aliphatic carbocycles. The summed E-state index contributed by atoms with van der Waals surface area (Å²) in [5.41, 5.74) is 2.39. The lowest BCUT2D eigenvalue weighted by molar-refractivity contribution is 0.285. The number of benzene rings is 1. The zero-order valence-corrected chi connectivity index (χ0v) is 22.2. The van der Waals surface area contributed by atoms with Crippen molar-refractivity contribution >= 4 is 17.3 Å². The van der Waals surface area contributed by atoms with E-state index in [0.717, 1.165) is 49.6 Å². The van der Waals surface area contributed by atoms with Gasteiger partial charge in [0.15, 0.2) is 0 Å². The van der Waals surface area contributed by atoms with Crippen molar-refractivity contribution in [2.24, 2.45) is 0 Å². The summed E-state index contributed by atoms with van der Waals surface area (Å²) in [4.78, 5) is 4.59. The highest BCUT2D eigenvalue weighted by Gasteiger charge is 2.12. The van der Waals surface area contributed by atoms with Crippen LogP contribution in [0.4, 0.5) is 0 Å². The van der Waals surface area contributed by atoms with Crippen molar-refractivity contribution in [1.82, 2.24) is 20.0 Å². The molecule has 0 radical (unpaired) electrons. The molecule has 0 fully saturated rings. The summed E-state index contributed by atoms with van der Waals surface area (Å²) in [5, 5.41) is 8.48. The van der Waals surface area contributed by atoms with Crippen molar-refractivity contribution in [3.63, 3.8) is 0 Å². The Hall–Kier alpha value is -2.35. The van der Waals surface area contributed by atoms with Gasteiger partial charge in [0.2, 0.25) is 11.8 Å². The predicted molar refractivity (Wildman–Crippen MR) is 144 cm³/mol. The molecule has 3 rings (SSSR count). The van der Waals surface area contributed by atoms with Crippen molar-refractivity contribution in [2.45, 2.75) is 32.4 Å². The van der Waals surface area contributed by atoms with Gasteiger partial charge in [-0.2, -0.15) is 0 Å². The van der Waals surface area contributed by atoms with Crippen LogP contribution in [-0.4, -0.2) is 73.1 Å². The van der Waals surface area contributed by atoms with Gasteiger partial charge in [-0.25, -0.2) is 0 Å². The van der Waals surface area contributed by atoms with E-state index in [9.17, 15) is 0 Å². The fourth-order valence-electron chi connectivity index (χ4n) is 3.13. The van der Waals surface area contributed by atoms with Crippen molar-refractivity contribution in [1.29, 1.82) is 0 Å². The second-order valence-corrected chi connectivity index (χ2v) is 9.22. The molecule has 0 saturated heterocycles. The van der Waals surface area contributed by atoms with Crippen LogP contribution >= 0.6 is 11.8 Å². The molecule has 1 aromatic heterocycles. The summed E-state index contributed by atoms with van der Waals surface area (Å²) < 4.78 is 11.6. The highest BCUT2D eigenvalue weighted by molar-refractivity contribution is 7.98. The van der Waals surface area contributed by atoms with E-state index in [1.54, 1.807) is 11.8 Å². The molecule has 1 heterocycles. The molecule has 0 spiro atoms. The predicted octanol–water partition coefficient (Wildman–Crippen LogP) is 5.56. The normalized spacial score (nSPS) is 13.3. The molecule has 1 aliphatic rings. The zero-order chi connectivity index (χ0) is 24.6. The van der Waals surface area contributed by atoms with Crippen molar-refractivity contribution in [2.75, 3.05) is 53.1 Å². The molecule has 2 aromatic rings. The Kier molecular flexibility index (Phi) is 13.4. The van der Waals surface area contributed by atoms with Gasteiger partial charge in [-0.3, -0.25) is 0 Å². The number of hydrogen-bond donors (Lipinski definition) is 0. The lowest BCUT2D eigenvalue weighted by atomic mass is 10.1. The van der Waals surface area contributed by atoms with Gasteiger partial charge in [0.25, 0.3) is 0 Å². The quantitative estimate of drug-likeness (QED) is 0.345. The molecule has 0 bridgehead atoms. The SMILES string of the molecule is CC.CN(C)CCN(C)CCC1=CC=C(c2nnc(CSCCOc3ccccc3)o2)CC=C1. The van der Waals surface area contributed by atoms with E-state index >= 15 is 0 Å². The maximum Gasteiger partial charge on any atom is 0.244 e. The first-order valence-electron chi connectivity index (χ1n) is 12.1. The van der Waals surface area contributed by atoms with Crippen molar-refractivity contribution in [3.8, 4) is 5.75 Å². The molecule has 34 heavy (non-hydrogen) atoms. The Morgan fingerprint density at radius 3 is 2.56 bits per heavy atom. The lowest BCUT2D eigenvalue weighted by Crippen LogP contribution is -2.29. The van der Waals surface area contributed by atoms with E-state index in [1.165, 1.54) is 5.57 Å². The van der Waals surface area contributed by atoms with Crippen LogP contribution < -0.4 is 4.74 Å². The maximum absolute atomic E-state index is 5.90. The van der Waals surface area contributed by atoms with Crippen LogP contribution in [0.15, 0.2) is 64.6 Å². The molecule has 1 aromatic carbocycles. The fraction of sp³-hybridized carbons (Fsp3) is 0.481. The van der Waals surface area contributed by atoms with Gasteiger partial charge in [0.1, 0.15) is 5.75 Å². The average molecular weight is 485 g/mol. The number of para-hydroxylation sites is 1.